The molecule has 0 amide bonds. The van der Waals surface area contributed by atoms with E-state index < -0.39 is 0 Å². The highest BCUT2D eigenvalue weighted by atomic mass is 16.5. The third kappa shape index (κ3) is 1.79. The van der Waals surface area contributed by atoms with E-state index in [4.69, 9.17) is 9.84 Å². The van der Waals surface area contributed by atoms with Crippen molar-refractivity contribution >= 4 is 0 Å². The molecule has 0 aliphatic rings. The molecule has 0 spiro atoms. The molecule has 0 fully saturated rings. The number of aryl methyl sites for hydroxylation is 1. The number of para-hydroxylation sites is 1. The monoisotopic (exact) mass is 218 g/mol. The summed E-state index contributed by atoms with van der Waals surface area (Å²) in [6.07, 6.45) is 0. The smallest absolute Gasteiger partial charge is 0.128 e. The van der Waals surface area contributed by atoms with Crippen molar-refractivity contribution in [2.75, 3.05) is 7.11 Å². The van der Waals surface area contributed by atoms with Crippen LogP contribution in [-0.4, -0.2) is 22.0 Å². The summed E-state index contributed by atoms with van der Waals surface area (Å²) in [4.78, 5) is 0. The SMILES string of the molecule is COc1ccccc1-c1cc(CO)nn1C. The van der Waals surface area contributed by atoms with Gasteiger partial charge in [-0.25, -0.2) is 0 Å². The molecule has 0 saturated heterocycles. The summed E-state index contributed by atoms with van der Waals surface area (Å²) in [5, 5.41) is 13.2. The van der Waals surface area contributed by atoms with Gasteiger partial charge in [0.2, 0.25) is 0 Å². The highest BCUT2D eigenvalue weighted by molar-refractivity contribution is 5.67. The standard InChI is InChI=1S/C12H14N2O2/c1-14-11(7-9(8-15)13-14)10-5-3-4-6-12(10)16-2/h3-7,15H,8H2,1-2H3. The van der Waals surface area contributed by atoms with Gasteiger partial charge in [0.1, 0.15) is 5.75 Å². The number of aromatic nitrogens is 2. The highest BCUT2D eigenvalue weighted by Gasteiger charge is 2.10. The molecule has 84 valence electrons. The summed E-state index contributed by atoms with van der Waals surface area (Å²) in [5.74, 6) is 0.801. The lowest BCUT2D eigenvalue weighted by atomic mass is 10.1. The number of aliphatic hydroxyl groups excluding tert-OH is 1. The van der Waals surface area contributed by atoms with Crippen LogP contribution in [0, 0.1) is 0 Å². The summed E-state index contributed by atoms with van der Waals surface area (Å²) in [6, 6.07) is 9.60. The van der Waals surface area contributed by atoms with Crippen LogP contribution in [0.4, 0.5) is 0 Å². The first-order valence-electron chi connectivity index (χ1n) is 5.03. The average Bonchev–Trinajstić information content (AvgIpc) is 2.70. The third-order valence-electron chi connectivity index (χ3n) is 2.48. The average molecular weight is 218 g/mol. The number of methoxy groups -OCH3 is 1. The predicted molar refractivity (Wildman–Crippen MR) is 61.1 cm³/mol. The van der Waals surface area contributed by atoms with Crippen LogP contribution >= 0.6 is 0 Å². The molecule has 0 radical (unpaired) electrons. The molecule has 0 aliphatic carbocycles. The zero-order chi connectivity index (χ0) is 11.5. The summed E-state index contributed by atoms with van der Waals surface area (Å²) >= 11 is 0. The van der Waals surface area contributed by atoms with Crippen LogP contribution in [0.25, 0.3) is 11.3 Å². The van der Waals surface area contributed by atoms with Crippen molar-refractivity contribution in [3.05, 3.63) is 36.0 Å². The second kappa shape index (κ2) is 4.37. The van der Waals surface area contributed by atoms with Crippen molar-refractivity contribution in [2.24, 2.45) is 7.05 Å². The van der Waals surface area contributed by atoms with Gasteiger partial charge >= 0.3 is 0 Å². The Bertz CT molecular complexity index is 492. The van der Waals surface area contributed by atoms with Gasteiger partial charge in [0.15, 0.2) is 0 Å². The first-order valence-corrected chi connectivity index (χ1v) is 5.03. The Balaban J connectivity index is 2.53. The van der Waals surface area contributed by atoms with E-state index in [1.807, 2.05) is 37.4 Å². The van der Waals surface area contributed by atoms with Crippen molar-refractivity contribution < 1.29 is 9.84 Å². The van der Waals surface area contributed by atoms with Crippen LogP contribution in [-0.2, 0) is 13.7 Å². The number of ether oxygens (including phenoxy) is 1. The lowest BCUT2D eigenvalue weighted by Crippen LogP contribution is -1.96. The van der Waals surface area contributed by atoms with Crippen molar-refractivity contribution in [2.45, 2.75) is 6.61 Å². The van der Waals surface area contributed by atoms with Gasteiger partial charge in [0.25, 0.3) is 0 Å². The Labute approximate surface area is 94.1 Å². The first kappa shape index (κ1) is 10.7. The maximum atomic E-state index is 9.04. The number of nitrogens with zero attached hydrogens (tertiary/aromatic N) is 2. The fraction of sp³-hybridized carbons (Fsp3) is 0.250. The largest absolute Gasteiger partial charge is 0.496 e. The maximum absolute atomic E-state index is 9.04. The zero-order valence-electron chi connectivity index (χ0n) is 9.34. The number of hydrogen-bond acceptors (Lipinski definition) is 3. The third-order valence-corrected chi connectivity index (χ3v) is 2.48. The Morgan fingerprint density at radius 1 is 1.38 bits per heavy atom. The molecule has 1 N–H and O–H groups in total. The van der Waals surface area contributed by atoms with E-state index in [1.165, 1.54) is 0 Å². The van der Waals surface area contributed by atoms with E-state index in [1.54, 1.807) is 11.8 Å². The lowest BCUT2D eigenvalue weighted by molar-refractivity contribution is 0.275. The fourth-order valence-electron chi connectivity index (χ4n) is 1.71. The molecule has 0 aliphatic heterocycles. The van der Waals surface area contributed by atoms with Gasteiger partial charge in [-0.3, -0.25) is 4.68 Å². The molecule has 0 unspecified atom stereocenters. The van der Waals surface area contributed by atoms with E-state index in [0.29, 0.717) is 5.69 Å². The lowest BCUT2D eigenvalue weighted by Gasteiger charge is -2.07. The van der Waals surface area contributed by atoms with Gasteiger partial charge in [-0.2, -0.15) is 5.10 Å². The van der Waals surface area contributed by atoms with E-state index in [2.05, 4.69) is 5.10 Å². The van der Waals surface area contributed by atoms with Gasteiger partial charge in [-0.1, -0.05) is 12.1 Å². The van der Waals surface area contributed by atoms with Gasteiger partial charge in [0, 0.05) is 12.6 Å². The topological polar surface area (TPSA) is 47.3 Å². The molecule has 0 saturated carbocycles. The first-order chi connectivity index (χ1) is 7.76. The summed E-state index contributed by atoms with van der Waals surface area (Å²) < 4.78 is 7.03. The molecule has 1 heterocycles. The van der Waals surface area contributed by atoms with Gasteiger partial charge in [-0.05, 0) is 18.2 Å². The highest BCUT2D eigenvalue weighted by Crippen LogP contribution is 2.29. The van der Waals surface area contributed by atoms with Crippen LogP contribution in [0.1, 0.15) is 5.69 Å². The fourth-order valence-corrected chi connectivity index (χ4v) is 1.71. The Hall–Kier alpha value is -1.81. The Morgan fingerprint density at radius 2 is 2.12 bits per heavy atom. The van der Waals surface area contributed by atoms with E-state index in [9.17, 15) is 0 Å². The molecule has 4 nitrogen and oxygen atoms in total. The minimum Gasteiger partial charge on any atom is -0.496 e. The number of hydrogen-bond donors (Lipinski definition) is 1. The van der Waals surface area contributed by atoms with Gasteiger partial charge in [-0.15, -0.1) is 0 Å². The molecular weight excluding hydrogens is 204 g/mol. The van der Waals surface area contributed by atoms with Gasteiger partial charge in [0.05, 0.1) is 25.1 Å². The molecule has 2 rings (SSSR count). The van der Waals surface area contributed by atoms with Crippen molar-refractivity contribution in [3.8, 4) is 17.0 Å². The maximum Gasteiger partial charge on any atom is 0.128 e. The molecule has 4 heteroatoms. The summed E-state index contributed by atoms with van der Waals surface area (Å²) in [5.41, 5.74) is 2.56. The van der Waals surface area contributed by atoms with Crippen LogP contribution in [0.5, 0.6) is 5.75 Å². The molecule has 2 aromatic rings. The van der Waals surface area contributed by atoms with Crippen molar-refractivity contribution in [3.63, 3.8) is 0 Å². The minimum atomic E-state index is -0.0526. The number of benzene rings is 1. The van der Waals surface area contributed by atoms with Crippen molar-refractivity contribution in [1.29, 1.82) is 0 Å². The quantitative estimate of drug-likeness (QED) is 0.851. The number of aliphatic hydroxyl groups is 1. The van der Waals surface area contributed by atoms with Crippen LogP contribution in [0.15, 0.2) is 30.3 Å². The van der Waals surface area contributed by atoms with Crippen molar-refractivity contribution in [1.82, 2.24) is 9.78 Å². The molecule has 0 bridgehead atoms. The zero-order valence-corrected chi connectivity index (χ0v) is 9.34. The Morgan fingerprint density at radius 3 is 2.75 bits per heavy atom. The molecule has 0 atom stereocenters. The van der Waals surface area contributed by atoms with E-state index in [0.717, 1.165) is 17.0 Å². The van der Waals surface area contributed by atoms with Crippen LogP contribution < -0.4 is 4.74 Å². The summed E-state index contributed by atoms with van der Waals surface area (Å²) in [7, 11) is 3.49. The molecular formula is C12H14N2O2. The van der Waals surface area contributed by atoms with Crippen LogP contribution in [0.2, 0.25) is 0 Å². The second-order valence-corrected chi connectivity index (χ2v) is 3.50. The predicted octanol–water partition coefficient (Wildman–Crippen LogP) is 1.59. The molecule has 1 aromatic carbocycles. The van der Waals surface area contributed by atoms with E-state index >= 15 is 0 Å². The summed E-state index contributed by atoms with van der Waals surface area (Å²) in [6.45, 7) is -0.0526. The second-order valence-electron chi connectivity index (χ2n) is 3.50. The van der Waals surface area contributed by atoms with Crippen LogP contribution in [0.3, 0.4) is 0 Å². The Kier molecular flexibility index (Phi) is 2.92. The molecule has 16 heavy (non-hydrogen) atoms. The molecule has 1 aromatic heterocycles. The van der Waals surface area contributed by atoms with Gasteiger partial charge < -0.3 is 9.84 Å². The normalized spacial score (nSPS) is 10.4. The van der Waals surface area contributed by atoms with E-state index in [-0.39, 0.29) is 6.61 Å². The minimum absolute atomic E-state index is 0.0526. The number of rotatable bonds is 3.